The van der Waals surface area contributed by atoms with Gasteiger partial charge in [0.25, 0.3) is 5.91 Å². The van der Waals surface area contributed by atoms with Crippen LogP contribution in [0.15, 0.2) is 47.6 Å². The standard InChI is InChI=1S/C22H22Cl3N5O2S/c1-12(2)19(27-21(32)13-7-9-14(23)10-8-13)20-28-29-22(30(20)3)33-11-17(31)26-16-6-4-5-15(24)18(16)25/h4-10,12,19H,11H2,1-3H3,(H,26,31)(H,27,32)/t19-/m1/s1. The van der Waals surface area contributed by atoms with Crippen molar-refractivity contribution in [1.29, 1.82) is 0 Å². The summed E-state index contributed by atoms with van der Waals surface area (Å²) < 4.78 is 1.77. The molecular weight excluding hydrogens is 505 g/mol. The van der Waals surface area contributed by atoms with E-state index < -0.39 is 0 Å². The molecule has 2 amide bonds. The maximum absolute atomic E-state index is 12.7. The Balaban J connectivity index is 1.67. The lowest BCUT2D eigenvalue weighted by molar-refractivity contribution is -0.113. The Kier molecular flexibility index (Phi) is 8.64. The van der Waals surface area contributed by atoms with Gasteiger partial charge in [-0.3, -0.25) is 9.59 Å². The first kappa shape index (κ1) is 25.4. The first-order chi connectivity index (χ1) is 15.7. The molecular formula is C22H22Cl3N5O2S. The smallest absolute Gasteiger partial charge is 0.251 e. The van der Waals surface area contributed by atoms with Gasteiger partial charge in [-0.15, -0.1) is 10.2 Å². The highest BCUT2D eigenvalue weighted by Gasteiger charge is 2.25. The summed E-state index contributed by atoms with van der Waals surface area (Å²) in [4.78, 5) is 25.1. The molecule has 0 radical (unpaired) electrons. The van der Waals surface area contributed by atoms with Gasteiger partial charge in [0, 0.05) is 17.6 Å². The number of nitrogens with zero attached hydrogens (tertiary/aromatic N) is 3. The fraction of sp³-hybridized carbons (Fsp3) is 0.273. The van der Waals surface area contributed by atoms with Crippen molar-refractivity contribution in [3.63, 3.8) is 0 Å². The summed E-state index contributed by atoms with van der Waals surface area (Å²) in [6.45, 7) is 3.97. The molecule has 2 N–H and O–H groups in total. The van der Waals surface area contributed by atoms with E-state index in [1.165, 1.54) is 11.8 Å². The third kappa shape index (κ3) is 6.41. The molecule has 0 aliphatic carbocycles. The lowest BCUT2D eigenvalue weighted by Gasteiger charge is -2.21. The lowest BCUT2D eigenvalue weighted by Crippen LogP contribution is -2.33. The quantitative estimate of drug-likeness (QED) is 0.371. The lowest BCUT2D eigenvalue weighted by atomic mass is 10.0. The van der Waals surface area contributed by atoms with Crippen molar-refractivity contribution < 1.29 is 9.59 Å². The zero-order valence-electron chi connectivity index (χ0n) is 18.1. The summed E-state index contributed by atoms with van der Waals surface area (Å²) in [6.07, 6.45) is 0. The van der Waals surface area contributed by atoms with Gasteiger partial charge in [-0.1, -0.05) is 66.5 Å². The fourth-order valence-corrected chi connectivity index (χ4v) is 4.19. The van der Waals surface area contributed by atoms with Gasteiger partial charge < -0.3 is 15.2 Å². The van der Waals surface area contributed by atoms with E-state index in [0.717, 1.165) is 0 Å². The zero-order valence-corrected chi connectivity index (χ0v) is 21.2. The van der Waals surface area contributed by atoms with Crippen molar-refractivity contribution in [3.05, 3.63) is 68.9 Å². The number of aromatic nitrogens is 3. The summed E-state index contributed by atoms with van der Waals surface area (Å²) in [5.74, 6) is 0.243. The highest BCUT2D eigenvalue weighted by atomic mass is 35.5. The van der Waals surface area contributed by atoms with E-state index in [2.05, 4.69) is 20.8 Å². The molecule has 1 atom stereocenters. The number of hydrogen-bond acceptors (Lipinski definition) is 5. The van der Waals surface area contributed by atoms with Gasteiger partial charge in [0.05, 0.1) is 27.5 Å². The van der Waals surface area contributed by atoms with Crippen LogP contribution in [0.1, 0.15) is 36.1 Å². The van der Waals surface area contributed by atoms with Crippen LogP contribution in [0.5, 0.6) is 0 Å². The molecule has 2 aromatic carbocycles. The Labute approximate surface area is 211 Å². The molecule has 33 heavy (non-hydrogen) atoms. The number of nitrogens with one attached hydrogen (secondary N) is 2. The van der Waals surface area contributed by atoms with Crippen molar-refractivity contribution in [3.8, 4) is 0 Å². The average Bonchev–Trinajstić information content (AvgIpc) is 3.14. The largest absolute Gasteiger partial charge is 0.342 e. The van der Waals surface area contributed by atoms with Crippen LogP contribution in [-0.2, 0) is 11.8 Å². The van der Waals surface area contributed by atoms with Crippen LogP contribution in [0.2, 0.25) is 15.1 Å². The molecule has 11 heteroatoms. The molecule has 0 bridgehead atoms. The number of carbonyl (C=O) groups is 2. The first-order valence-electron chi connectivity index (χ1n) is 9.99. The van der Waals surface area contributed by atoms with Crippen molar-refractivity contribution in [2.24, 2.45) is 13.0 Å². The van der Waals surface area contributed by atoms with E-state index >= 15 is 0 Å². The normalized spacial score (nSPS) is 12.0. The highest BCUT2D eigenvalue weighted by Crippen LogP contribution is 2.30. The molecule has 0 unspecified atom stereocenters. The van der Waals surface area contributed by atoms with Gasteiger partial charge in [0.15, 0.2) is 11.0 Å². The SMILES string of the molecule is CC(C)[C@@H](NC(=O)c1ccc(Cl)cc1)c1nnc(SCC(=O)Nc2cccc(Cl)c2Cl)n1C. The monoisotopic (exact) mass is 525 g/mol. The van der Waals surface area contributed by atoms with E-state index in [1.54, 1.807) is 54.1 Å². The summed E-state index contributed by atoms with van der Waals surface area (Å²) in [6, 6.07) is 11.3. The second kappa shape index (κ2) is 11.2. The molecule has 0 saturated heterocycles. The molecule has 0 aliphatic heterocycles. The number of thioether (sulfide) groups is 1. The van der Waals surface area contributed by atoms with Crippen molar-refractivity contribution >= 4 is 64.1 Å². The Hall–Kier alpha value is -2.26. The van der Waals surface area contributed by atoms with Gasteiger partial charge in [-0.2, -0.15) is 0 Å². The van der Waals surface area contributed by atoms with Gasteiger partial charge in [0.2, 0.25) is 5.91 Å². The number of amides is 2. The van der Waals surface area contributed by atoms with Gasteiger partial charge in [-0.05, 0) is 42.3 Å². The van der Waals surface area contributed by atoms with Crippen LogP contribution in [-0.4, -0.2) is 32.3 Å². The number of rotatable bonds is 8. The summed E-state index contributed by atoms with van der Waals surface area (Å²) in [5.41, 5.74) is 0.941. The zero-order chi connectivity index (χ0) is 24.1. The second-order valence-electron chi connectivity index (χ2n) is 7.54. The first-order valence-corrected chi connectivity index (χ1v) is 12.1. The Morgan fingerprint density at radius 2 is 1.76 bits per heavy atom. The molecule has 1 aromatic heterocycles. The minimum atomic E-state index is -0.376. The molecule has 0 aliphatic rings. The number of hydrogen-bond donors (Lipinski definition) is 2. The van der Waals surface area contributed by atoms with Gasteiger partial charge in [-0.25, -0.2) is 0 Å². The number of anilines is 1. The van der Waals surface area contributed by atoms with Crippen LogP contribution >= 0.6 is 46.6 Å². The number of carbonyl (C=O) groups excluding carboxylic acids is 2. The third-order valence-electron chi connectivity index (χ3n) is 4.76. The molecule has 0 saturated carbocycles. The van der Waals surface area contributed by atoms with Crippen molar-refractivity contribution in [1.82, 2.24) is 20.1 Å². The van der Waals surface area contributed by atoms with Gasteiger partial charge in [0.1, 0.15) is 0 Å². The summed E-state index contributed by atoms with van der Waals surface area (Å²) >= 11 is 19.2. The van der Waals surface area contributed by atoms with Crippen molar-refractivity contribution in [2.45, 2.75) is 25.0 Å². The topological polar surface area (TPSA) is 88.9 Å². The Morgan fingerprint density at radius 1 is 1.06 bits per heavy atom. The summed E-state index contributed by atoms with van der Waals surface area (Å²) in [7, 11) is 1.80. The van der Waals surface area contributed by atoms with Crippen LogP contribution in [0.3, 0.4) is 0 Å². The molecule has 174 valence electrons. The summed E-state index contributed by atoms with van der Waals surface area (Å²) in [5, 5.41) is 16.0. The third-order valence-corrected chi connectivity index (χ3v) is 6.86. The van der Waals surface area contributed by atoms with E-state index in [9.17, 15) is 9.59 Å². The second-order valence-corrected chi connectivity index (χ2v) is 9.70. The fourth-order valence-electron chi connectivity index (χ4n) is 2.99. The van der Waals surface area contributed by atoms with E-state index in [0.29, 0.717) is 32.3 Å². The Morgan fingerprint density at radius 3 is 2.42 bits per heavy atom. The van der Waals surface area contributed by atoms with Crippen LogP contribution in [0.25, 0.3) is 0 Å². The molecule has 3 rings (SSSR count). The highest BCUT2D eigenvalue weighted by molar-refractivity contribution is 7.99. The van der Waals surface area contributed by atoms with E-state index in [1.807, 2.05) is 13.8 Å². The van der Waals surface area contributed by atoms with E-state index in [-0.39, 0.29) is 34.5 Å². The number of benzene rings is 2. The van der Waals surface area contributed by atoms with Crippen LogP contribution < -0.4 is 10.6 Å². The molecule has 1 heterocycles. The average molecular weight is 527 g/mol. The molecule has 0 fully saturated rings. The minimum Gasteiger partial charge on any atom is -0.342 e. The maximum atomic E-state index is 12.7. The van der Waals surface area contributed by atoms with Crippen molar-refractivity contribution in [2.75, 3.05) is 11.1 Å². The molecule has 0 spiro atoms. The minimum absolute atomic E-state index is 0.0512. The van der Waals surface area contributed by atoms with Crippen LogP contribution in [0, 0.1) is 5.92 Å². The number of halogens is 3. The molecule has 7 nitrogen and oxygen atoms in total. The Bertz CT molecular complexity index is 1150. The van der Waals surface area contributed by atoms with E-state index in [4.69, 9.17) is 34.8 Å². The van der Waals surface area contributed by atoms with Gasteiger partial charge >= 0.3 is 0 Å². The maximum Gasteiger partial charge on any atom is 0.251 e. The van der Waals surface area contributed by atoms with Crippen LogP contribution in [0.4, 0.5) is 5.69 Å². The predicted molar refractivity (Wildman–Crippen MR) is 133 cm³/mol. The molecule has 3 aromatic rings. The predicted octanol–water partition coefficient (Wildman–Crippen LogP) is 5.63.